The SMILES string of the molecule is CN(CCC(N)c1ccccc1F)CC1(O)CCCC1. The lowest BCUT2D eigenvalue weighted by molar-refractivity contribution is 0.0158. The van der Waals surface area contributed by atoms with Crippen molar-refractivity contribution in [3.05, 3.63) is 35.6 Å². The molecule has 3 nitrogen and oxygen atoms in total. The number of nitrogens with zero attached hydrogens (tertiary/aromatic N) is 1. The Labute approximate surface area is 120 Å². The minimum Gasteiger partial charge on any atom is -0.389 e. The van der Waals surface area contributed by atoms with Crippen molar-refractivity contribution in [1.82, 2.24) is 4.90 Å². The lowest BCUT2D eigenvalue weighted by atomic mass is 10.0. The summed E-state index contributed by atoms with van der Waals surface area (Å²) in [4.78, 5) is 2.10. The van der Waals surface area contributed by atoms with Gasteiger partial charge in [-0.25, -0.2) is 4.39 Å². The van der Waals surface area contributed by atoms with Gasteiger partial charge in [-0.2, -0.15) is 0 Å². The van der Waals surface area contributed by atoms with Gasteiger partial charge in [-0.15, -0.1) is 0 Å². The zero-order valence-corrected chi connectivity index (χ0v) is 12.2. The summed E-state index contributed by atoms with van der Waals surface area (Å²) in [6, 6.07) is 6.37. The molecule has 1 saturated carbocycles. The Bertz CT molecular complexity index is 432. The van der Waals surface area contributed by atoms with Gasteiger partial charge in [0, 0.05) is 18.2 Å². The Hall–Kier alpha value is -0.970. The summed E-state index contributed by atoms with van der Waals surface area (Å²) in [5, 5.41) is 10.4. The average Bonchev–Trinajstić information content (AvgIpc) is 2.83. The first-order valence-electron chi connectivity index (χ1n) is 7.41. The number of likely N-dealkylation sites (N-methyl/N-ethyl adjacent to an activating group) is 1. The fourth-order valence-electron chi connectivity index (χ4n) is 3.06. The molecular weight excluding hydrogens is 255 g/mol. The highest BCUT2D eigenvalue weighted by atomic mass is 19.1. The number of halogens is 1. The highest BCUT2D eigenvalue weighted by molar-refractivity contribution is 5.20. The Morgan fingerprint density at radius 1 is 1.35 bits per heavy atom. The molecule has 1 aromatic rings. The first-order chi connectivity index (χ1) is 9.50. The van der Waals surface area contributed by atoms with E-state index in [1.807, 2.05) is 13.1 Å². The maximum Gasteiger partial charge on any atom is 0.127 e. The summed E-state index contributed by atoms with van der Waals surface area (Å²) in [7, 11) is 1.99. The zero-order valence-electron chi connectivity index (χ0n) is 12.2. The highest BCUT2D eigenvalue weighted by Gasteiger charge is 2.32. The van der Waals surface area contributed by atoms with Crippen molar-refractivity contribution in [2.75, 3.05) is 20.1 Å². The van der Waals surface area contributed by atoms with Gasteiger partial charge in [0.15, 0.2) is 0 Å². The molecule has 2 rings (SSSR count). The van der Waals surface area contributed by atoms with Gasteiger partial charge >= 0.3 is 0 Å². The number of benzene rings is 1. The van der Waals surface area contributed by atoms with Crippen molar-refractivity contribution in [2.45, 2.75) is 43.7 Å². The van der Waals surface area contributed by atoms with E-state index in [9.17, 15) is 9.50 Å². The van der Waals surface area contributed by atoms with Crippen LogP contribution in [0.1, 0.15) is 43.7 Å². The Morgan fingerprint density at radius 3 is 2.65 bits per heavy atom. The summed E-state index contributed by atoms with van der Waals surface area (Å²) in [6.45, 7) is 1.44. The molecule has 1 fully saturated rings. The fraction of sp³-hybridized carbons (Fsp3) is 0.625. The van der Waals surface area contributed by atoms with E-state index in [0.717, 1.165) is 32.2 Å². The van der Waals surface area contributed by atoms with Crippen LogP contribution in [0.15, 0.2) is 24.3 Å². The predicted molar refractivity (Wildman–Crippen MR) is 78.9 cm³/mol. The monoisotopic (exact) mass is 280 g/mol. The minimum atomic E-state index is -0.531. The van der Waals surface area contributed by atoms with Gasteiger partial charge in [0.1, 0.15) is 5.82 Å². The molecule has 0 aromatic heterocycles. The summed E-state index contributed by atoms with van der Waals surface area (Å²) in [5.41, 5.74) is 6.10. The van der Waals surface area contributed by atoms with Crippen molar-refractivity contribution in [3.63, 3.8) is 0 Å². The van der Waals surface area contributed by atoms with E-state index in [2.05, 4.69) is 4.90 Å². The molecule has 1 atom stereocenters. The summed E-state index contributed by atoms with van der Waals surface area (Å²) >= 11 is 0. The molecule has 0 bridgehead atoms. The number of hydrogen-bond acceptors (Lipinski definition) is 3. The van der Waals surface area contributed by atoms with E-state index >= 15 is 0 Å². The molecular formula is C16H25FN2O. The first-order valence-corrected chi connectivity index (χ1v) is 7.41. The topological polar surface area (TPSA) is 49.5 Å². The van der Waals surface area contributed by atoms with Gasteiger partial charge in [-0.05, 0) is 38.9 Å². The molecule has 0 radical (unpaired) electrons. The quantitative estimate of drug-likeness (QED) is 0.841. The van der Waals surface area contributed by atoms with Crippen molar-refractivity contribution in [2.24, 2.45) is 5.73 Å². The molecule has 112 valence electrons. The van der Waals surface area contributed by atoms with Crippen LogP contribution in [0.3, 0.4) is 0 Å². The third kappa shape index (κ3) is 4.01. The highest BCUT2D eigenvalue weighted by Crippen LogP contribution is 2.30. The van der Waals surface area contributed by atoms with E-state index in [4.69, 9.17) is 5.73 Å². The third-order valence-corrected chi connectivity index (χ3v) is 4.23. The Kier molecular flexibility index (Phi) is 5.13. The predicted octanol–water partition coefficient (Wildman–Crippen LogP) is 2.45. The Morgan fingerprint density at radius 2 is 2.00 bits per heavy atom. The van der Waals surface area contributed by atoms with Gasteiger partial charge in [0.2, 0.25) is 0 Å². The van der Waals surface area contributed by atoms with Crippen LogP contribution in [-0.2, 0) is 0 Å². The van der Waals surface area contributed by atoms with Gasteiger partial charge in [-0.1, -0.05) is 31.0 Å². The summed E-state index contributed by atoms with van der Waals surface area (Å²) < 4.78 is 13.6. The molecule has 0 heterocycles. The molecule has 20 heavy (non-hydrogen) atoms. The first kappa shape index (κ1) is 15.4. The van der Waals surface area contributed by atoms with E-state index in [-0.39, 0.29) is 11.9 Å². The molecule has 1 aliphatic rings. The lowest BCUT2D eigenvalue weighted by Gasteiger charge is -2.29. The van der Waals surface area contributed by atoms with Crippen LogP contribution in [0.4, 0.5) is 4.39 Å². The van der Waals surface area contributed by atoms with Crippen LogP contribution in [0, 0.1) is 5.82 Å². The van der Waals surface area contributed by atoms with Gasteiger partial charge < -0.3 is 15.7 Å². The Balaban J connectivity index is 1.81. The number of hydrogen-bond donors (Lipinski definition) is 2. The van der Waals surface area contributed by atoms with Crippen molar-refractivity contribution < 1.29 is 9.50 Å². The standard InChI is InChI=1S/C16H25FN2O/c1-19(12-16(20)9-4-5-10-16)11-8-15(18)13-6-2-3-7-14(13)17/h2-3,6-7,15,20H,4-5,8-12,18H2,1H3. The summed E-state index contributed by atoms with van der Waals surface area (Å²) in [6.07, 6.45) is 4.68. The van der Waals surface area contributed by atoms with Gasteiger partial charge in [-0.3, -0.25) is 0 Å². The molecule has 0 spiro atoms. The van der Waals surface area contributed by atoms with Crippen LogP contribution in [-0.4, -0.2) is 35.7 Å². The maximum atomic E-state index is 13.6. The zero-order chi connectivity index (χ0) is 14.6. The van der Waals surface area contributed by atoms with Crippen LogP contribution < -0.4 is 5.73 Å². The normalized spacial score (nSPS) is 19.4. The molecule has 3 N–H and O–H groups in total. The molecule has 0 aliphatic heterocycles. The van der Waals surface area contributed by atoms with E-state index in [1.165, 1.54) is 6.07 Å². The molecule has 1 unspecified atom stereocenters. The second-order valence-corrected chi connectivity index (χ2v) is 6.09. The van der Waals surface area contributed by atoms with Crippen molar-refractivity contribution >= 4 is 0 Å². The molecule has 0 saturated heterocycles. The third-order valence-electron chi connectivity index (χ3n) is 4.23. The lowest BCUT2D eigenvalue weighted by Crippen LogP contribution is -2.40. The maximum absolute atomic E-state index is 13.6. The van der Waals surface area contributed by atoms with Crippen LogP contribution in [0.5, 0.6) is 0 Å². The number of aliphatic hydroxyl groups is 1. The van der Waals surface area contributed by atoms with Crippen molar-refractivity contribution in [1.29, 1.82) is 0 Å². The largest absolute Gasteiger partial charge is 0.389 e. The van der Waals surface area contributed by atoms with Crippen LogP contribution in [0.2, 0.25) is 0 Å². The van der Waals surface area contributed by atoms with Gasteiger partial charge in [0.25, 0.3) is 0 Å². The second kappa shape index (κ2) is 6.66. The second-order valence-electron chi connectivity index (χ2n) is 6.09. The van der Waals surface area contributed by atoms with E-state index in [0.29, 0.717) is 18.5 Å². The number of nitrogens with two attached hydrogens (primary N) is 1. The number of rotatable bonds is 6. The van der Waals surface area contributed by atoms with E-state index < -0.39 is 5.60 Å². The van der Waals surface area contributed by atoms with Crippen molar-refractivity contribution in [3.8, 4) is 0 Å². The molecule has 0 amide bonds. The minimum absolute atomic E-state index is 0.239. The smallest absolute Gasteiger partial charge is 0.127 e. The fourth-order valence-corrected chi connectivity index (χ4v) is 3.06. The molecule has 4 heteroatoms. The summed E-state index contributed by atoms with van der Waals surface area (Å²) in [5.74, 6) is -0.239. The van der Waals surface area contributed by atoms with Crippen LogP contribution >= 0.6 is 0 Å². The van der Waals surface area contributed by atoms with Crippen LogP contribution in [0.25, 0.3) is 0 Å². The molecule has 1 aromatic carbocycles. The van der Waals surface area contributed by atoms with Gasteiger partial charge in [0.05, 0.1) is 5.60 Å². The van der Waals surface area contributed by atoms with E-state index in [1.54, 1.807) is 12.1 Å². The average molecular weight is 280 g/mol. The molecule has 1 aliphatic carbocycles.